The van der Waals surface area contributed by atoms with Crippen LogP contribution in [-0.2, 0) is 4.74 Å². The molecule has 0 spiro atoms. The fourth-order valence-corrected chi connectivity index (χ4v) is 2.66. The Balaban J connectivity index is 2.17. The molecule has 1 aromatic rings. The highest BCUT2D eigenvalue weighted by molar-refractivity contribution is 5.50. The average molecular weight is 274 g/mol. The number of anilines is 1. The first-order valence-electron chi connectivity index (χ1n) is 7.02. The average Bonchev–Trinajstić information content (AvgIpc) is 2.48. The van der Waals surface area contributed by atoms with Crippen LogP contribution < -0.4 is 10.1 Å². The second-order valence-corrected chi connectivity index (χ2v) is 5.63. The van der Waals surface area contributed by atoms with E-state index in [2.05, 4.69) is 25.2 Å². The van der Waals surface area contributed by atoms with Crippen LogP contribution in [0.3, 0.4) is 0 Å². The molecule has 1 aliphatic rings. The number of methoxy groups -OCH3 is 1. The molecule has 20 heavy (non-hydrogen) atoms. The molecule has 1 aliphatic heterocycles. The number of nitrogens with zero attached hydrogens (tertiary/aromatic N) is 1. The van der Waals surface area contributed by atoms with Crippen molar-refractivity contribution in [2.75, 3.05) is 19.0 Å². The van der Waals surface area contributed by atoms with E-state index < -0.39 is 5.54 Å². The molecule has 4 heteroatoms. The number of rotatable bonds is 4. The molecule has 1 fully saturated rings. The van der Waals surface area contributed by atoms with E-state index in [0.717, 1.165) is 17.9 Å². The molecule has 1 heterocycles. The molecule has 0 radical (unpaired) electrons. The first-order valence-corrected chi connectivity index (χ1v) is 7.02. The van der Waals surface area contributed by atoms with Crippen LogP contribution >= 0.6 is 0 Å². The van der Waals surface area contributed by atoms with Crippen LogP contribution in [0.1, 0.15) is 33.1 Å². The van der Waals surface area contributed by atoms with E-state index in [4.69, 9.17) is 9.47 Å². The van der Waals surface area contributed by atoms with Crippen molar-refractivity contribution in [2.24, 2.45) is 0 Å². The predicted molar refractivity (Wildman–Crippen MR) is 78.8 cm³/mol. The molecule has 0 aliphatic carbocycles. The molecule has 0 bridgehead atoms. The molecular weight excluding hydrogens is 252 g/mol. The van der Waals surface area contributed by atoms with E-state index in [1.54, 1.807) is 7.11 Å². The van der Waals surface area contributed by atoms with Crippen molar-refractivity contribution < 1.29 is 9.47 Å². The van der Waals surface area contributed by atoms with Crippen molar-refractivity contribution >= 4 is 5.69 Å². The fraction of sp³-hybridized carbons (Fsp3) is 0.562. The van der Waals surface area contributed by atoms with E-state index >= 15 is 0 Å². The number of nitrogens with one attached hydrogen (secondary N) is 1. The lowest BCUT2D eigenvalue weighted by Gasteiger charge is -2.43. The van der Waals surface area contributed by atoms with Crippen molar-refractivity contribution in [3.8, 4) is 11.8 Å². The van der Waals surface area contributed by atoms with Crippen LogP contribution in [0.2, 0.25) is 0 Å². The molecule has 1 aromatic carbocycles. The van der Waals surface area contributed by atoms with Gasteiger partial charge in [-0.05, 0) is 37.6 Å². The van der Waals surface area contributed by atoms with Gasteiger partial charge in [-0.15, -0.1) is 0 Å². The van der Waals surface area contributed by atoms with Crippen LogP contribution in [0.15, 0.2) is 24.3 Å². The molecular formula is C16H22N2O2. The molecule has 2 rings (SSSR count). The van der Waals surface area contributed by atoms with Gasteiger partial charge in [-0.3, -0.25) is 0 Å². The van der Waals surface area contributed by atoms with Crippen molar-refractivity contribution in [1.29, 1.82) is 5.26 Å². The Labute approximate surface area is 120 Å². The van der Waals surface area contributed by atoms with Gasteiger partial charge in [0.25, 0.3) is 0 Å². The molecule has 0 aromatic heterocycles. The van der Waals surface area contributed by atoms with E-state index in [1.165, 1.54) is 0 Å². The Morgan fingerprint density at radius 2 is 2.10 bits per heavy atom. The van der Waals surface area contributed by atoms with E-state index in [1.807, 2.05) is 24.3 Å². The van der Waals surface area contributed by atoms with Crippen molar-refractivity contribution in [1.82, 2.24) is 0 Å². The lowest BCUT2D eigenvalue weighted by Crippen LogP contribution is -2.50. The standard InChI is InChI=1S/C16H22N2O2/c1-4-15(2)11-16(12-17,9-10-20-15)18-13-5-7-14(19-3)8-6-13/h5-8,18H,4,9-11H2,1-3H3. The SMILES string of the molecule is CCC1(C)CC(C#N)(Nc2ccc(OC)cc2)CCO1. The minimum atomic E-state index is -0.558. The van der Waals surface area contributed by atoms with Crippen LogP contribution in [0.4, 0.5) is 5.69 Å². The third kappa shape index (κ3) is 3.05. The molecule has 0 amide bonds. The maximum Gasteiger partial charge on any atom is 0.130 e. The number of hydrogen-bond acceptors (Lipinski definition) is 4. The van der Waals surface area contributed by atoms with E-state index in [-0.39, 0.29) is 5.60 Å². The van der Waals surface area contributed by atoms with Gasteiger partial charge in [0, 0.05) is 18.5 Å². The Hall–Kier alpha value is -1.73. The van der Waals surface area contributed by atoms with Crippen LogP contribution in [0.5, 0.6) is 5.75 Å². The zero-order valence-corrected chi connectivity index (χ0v) is 12.4. The molecule has 1 N–H and O–H groups in total. The molecule has 4 nitrogen and oxygen atoms in total. The summed E-state index contributed by atoms with van der Waals surface area (Å²) in [5.74, 6) is 0.812. The maximum atomic E-state index is 9.64. The smallest absolute Gasteiger partial charge is 0.130 e. The highest BCUT2D eigenvalue weighted by atomic mass is 16.5. The zero-order valence-electron chi connectivity index (χ0n) is 12.4. The molecule has 2 atom stereocenters. The quantitative estimate of drug-likeness (QED) is 0.914. The molecule has 1 saturated heterocycles. The predicted octanol–water partition coefficient (Wildman–Crippen LogP) is 3.35. The number of benzene rings is 1. The minimum absolute atomic E-state index is 0.229. The minimum Gasteiger partial charge on any atom is -0.497 e. The van der Waals surface area contributed by atoms with Crippen molar-refractivity contribution in [3.63, 3.8) is 0 Å². The van der Waals surface area contributed by atoms with E-state index in [0.29, 0.717) is 19.4 Å². The van der Waals surface area contributed by atoms with Gasteiger partial charge in [-0.25, -0.2) is 0 Å². The second-order valence-electron chi connectivity index (χ2n) is 5.63. The summed E-state index contributed by atoms with van der Waals surface area (Å²) in [6.07, 6.45) is 2.30. The van der Waals surface area contributed by atoms with Crippen LogP contribution in [0, 0.1) is 11.3 Å². The Morgan fingerprint density at radius 3 is 2.65 bits per heavy atom. The summed E-state index contributed by atoms with van der Waals surface area (Å²) < 4.78 is 11.0. The third-order valence-corrected chi connectivity index (χ3v) is 4.09. The van der Waals surface area contributed by atoms with Gasteiger partial charge in [0.2, 0.25) is 0 Å². The topological polar surface area (TPSA) is 54.3 Å². The van der Waals surface area contributed by atoms with E-state index in [9.17, 15) is 5.26 Å². The van der Waals surface area contributed by atoms with Crippen LogP contribution in [0.25, 0.3) is 0 Å². The van der Waals surface area contributed by atoms with Gasteiger partial charge >= 0.3 is 0 Å². The number of nitriles is 1. The summed E-state index contributed by atoms with van der Waals surface area (Å²) in [7, 11) is 1.64. The van der Waals surface area contributed by atoms with Gasteiger partial charge in [0.15, 0.2) is 0 Å². The Morgan fingerprint density at radius 1 is 1.40 bits per heavy atom. The highest BCUT2D eigenvalue weighted by Gasteiger charge is 2.42. The molecule has 0 saturated carbocycles. The summed E-state index contributed by atoms with van der Waals surface area (Å²) in [5.41, 5.74) is 0.151. The van der Waals surface area contributed by atoms with Crippen LogP contribution in [-0.4, -0.2) is 24.9 Å². The summed E-state index contributed by atoms with van der Waals surface area (Å²) in [5, 5.41) is 13.0. The Kier molecular flexibility index (Phi) is 4.20. The normalized spacial score (nSPS) is 29.5. The fourth-order valence-electron chi connectivity index (χ4n) is 2.66. The lowest BCUT2D eigenvalue weighted by molar-refractivity contribution is -0.0809. The Bertz CT molecular complexity index is 494. The van der Waals surface area contributed by atoms with Gasteiger partial charge in [-0.2, -0.15) is 5.26 Å². The molecule has 2 unspecified atom stereocenters. The zero-order chi connectivity index (χ0) is 14.6. The lowest BCUT2D eigenvalue weighted by atomic mass is 9.80. The van der Waals surface area contributed by atoms with Gasteiger partial charge in [0.05, 0.1) is 25.4 Å². The summed E-state index contributed by atoms with van der Waals surface area (Å²) in [6.45, 7) is 4.79. The first-order chi connectivity index (χ1) is 9.55. The molecule has 108 valence electrons. The van der Waals surface area contributed by atoms with Gasteiger partial charge in [-0.1, -0.05) is 6.92 Å². The van der Waals surface area contributed by atoms with Crippen molar-refractivity contribution in [3.05, 3.63) is 24.3 Å². The summed E-state index contributed by atoms with van der Waals surface area (Å²) in [4.78, 5) is 0. The van der Waals surface area contributed by atoms with Crippen molar-refractivity contribution in [2.45, 2.75) is 44.2 Å². The number of hydrogen-bond donors (Lipinski definition) is 1. The maximum absolute atomic E-state index is 9.64. The highest BCUT2D eigenvalue weighted by Crippen LogP contribution is 2.36. The third-order valence-electron chi connectivity index (χ3n) is 4.09. The summed E-state index contributed by atoms with van der Waals surface area (Å²) in [6, 6.07) is 10.1. The summed E-state index contributed by atoms with van der Waals surface area (Å²) >= 11 is 0. The number of ether oxygens (including phenoxy) is 2. The van der Waals surface area contributed by atoms with Gasteiger partial charge in [0.1, 0.15) is 11.3 Å². The monoisotopic (exact) mass is 274 g/mol. The second kappa shape index (κ2) is 5.72. The first kappa shape index (κ1) is 14.7. The largest absolute Gasteiger partial charge is 0.497 e. The van der Waals surface area contributed by atoms with Gasteiger partial charge < -0.3 is 14.8 Å².